The first-order valence-corrected chi connectivity index (χ1v) is 19.2. The minimum absolute atomic E-state index is 0.0641. The Hall–Kier alpha value is -6.83. The van der Waals surface area contributed by atoms with Crippen molar-refractivity contribution in [2.24, 2.45) is 0 Å². The van der Waals surface area contributed by atoms with Gasteiger partial charge in [-0.05, 0) is 72.7 Å². The van der Waals surface area contributed by atoms with E-state index in [4.69, 9.17) is 4.74 Å². The molecule has 13 heteroatoms. The molecule has 1 aromatic heterocycles. The van der Waals surface area contributed by atoms with Crippen LogP contribution in [0.15, 0.2) is 150 Å². The third kappa shape index (κ3) is 10.1. The van der Waals surface area contributed by atoms with Crippen LogP contribution in [0.25, 0.3) is 6.08 Å². The van der Waals surface area contributed by atoms with Gasteiger partial charge in [0.25, 0.3) is 17.7 Å². The van der Waals surface area contributed by atoms with E-state index in [1.165, 1.54) is 43.1 Å². The molecule has 6 rings (SSSR count). The first-order chi connectivity index (χ1) is 27.6. The highest BCUT2D eigenvalue weighted by atomic mass is 32.2. The Bertz CT molecular complexity index is 2460. The first kappa shape index (κ1) is 39.9. The molecule has 6 aromatic rings. The zero-order chi connectivity index (χ0) is 40.3. The smallest absolute Gasteiger partial charge is 0.341 e. The number of benzene rings is 5. The fourth-order valence-electron chi connectivity index (χ4n) is 5.63. The molecule has 4 amide bonds. The highest BCUT2D eigenvalue weighted by Crippen LogP contribution is 2.40. The highest BCUT2D eigenvalue weighted by Gasteiger charge is 2.30. The maximum absolute atomic E-state index is 14.7. The van der Waals surface area contributed by atoms with Crippen LogP contribution in [0.1, 0.15) is 52.3 Å². The van der Waals surface area contributed by atoms with Crippen molar-refractivity contribution < 1.29 is 33.1 Å². The summed E-state index contributed by atoms with van der Waals surface area (Å²) in [5.41, 5.74) is 2.16. The van der Waals surface area contributed by atoms with Gasteiger partial charge < -0.3 is 26.0 Å². The lowest BCUT2D eigenvalue weighted by Crippen LogP contribution is -2.30. The van der Waals surface area contributed by atoms with Crippen molar-refractivity contribution in [2.75, 3.05) is 23.1 Å². The summed E-state index contributed by atoms with van der Waals surface area (Å²) in [7, 11) is 1.22. The number of hydrogen-bond donors (Lipinski definition) is 4. The average molecular weight is 799 g/mol. The molecule has 286 valence electrons. The number of nitrogens with one attached hydrogen (secondary N) is 4. The molecule has 0 spiro atoms. The van der Waals surface area contributed by atoms with Crippen LogP contribution in [0, 0.1) is 12.7 Å². The Morgan fingerprint density at radius 2 is 1.35 bits per heavy atom. The van der Waals surface area contributed by atoms with Crippen molar-refractivity contribution in [1.29, 1.82) is 0 Å². The number of para-hydroxylation sites is 1. The monoisotopic (exact) mass is 798 g/mol. The number of hydrogen-bond acceptors (Lipinski definition) is 8. The summed E-state index contributed by atoms with van der Waals surface area (Å²) in [5, 5.41) is 10.4. The van der Waals surface area contributed by atoms with Crippen LogP contribution in [0.4, 0.5) is 20.8 Å². The third-order valence-corrected chi connectivity index (χ3v) is 10.9. The lowest BCUT2D eigenvalue weighted by Gasteiger charge is -2.18. The van der Waals surface area contributed by atoms with Crippen molar-refractivity contribution in [2.45, 2.75) is 17.1 Å². The highest BCUT2D eigenvalue weighted by molar-refractivity contribution is 8.00. The summed E-state index contributed by atoms with van der Waals surface area (Å²) in [6.07, 6.45) is 1.26. The third-order valence-electron chi connectivity index (χ3n) is 8.43. The fourth-order valence-corrected chi connectivity index (χ4v) is 7.80. The summed E-state index contributed by atoms with van der Waals surface area (Å²) in [5.74, 6) is -3.50. The average Bonchev–Trinajstić information content (AvgIpc) is 3.56. The summed E-state index contributed by atoms with van der Waals surface area (Å²) in [4.78, 5) is 68.1. The molecule has 0 saturated carbocycles. The Labute approximate surface area is 336 Å². The van der Waals surface area contributed by atoms with Gasteiger partial charge in [-0.15, -0.1) is 23.1 Å². The van der Waals surface area contributed by atoms with Gasteiger partial charge in [0.2, 0.25) is 5.91 Å². The lowest BCUT2D eigenvalue weighted by atomic mass is 10.1. The molecule has 1 heterocycles. The Kier molecular flexibility index (Phi) is 13.1. The van der Waals surface area contributed by atoms with Gasteiger partial charge in [-0.25, -0.2) is 9.18 Å². The van der Waals surface area contributed by atoms with Gasteiger partial charge in [0, 0.05) is 27.4 Å². The lowest BCUT2D eigenvalue weighted by molar-refractivity contribution is -0.116. The molecule has 0 fully saturated rings. The molecule has 10 nitrogen and oxygen atoms in total. The number of ether oxygens (including phenoxy) is 1. The Balaban J connectivity index is 1.26. The number of amides is 4. The summed E-state index contributed by atoms with van der Waals surface area (Å²) < 4.78 is 19.7. The minimum Gasteiger partial charge on any atom is -0.465 e. The van der Waals surface area contributed by atoms with Gasteiger partial charge in [-0.1, -0.05) is 91.0 Å². The van der Waals surface area contributed by atoms with E-state index in [-0.39, 0.29) is 26.7 Å². The standard InChI is InChI=1S/C44H35FN4O6S2/c1-27-36(44(54)55-2)43(57-37(27)41(52)46-31-20-10-5-11-21-31)49-42(53)38(28-15-6-3-7-16-28)56-33-23-14-22-32(26-33)47-40(51)35(25-30-19-12-13-24-34(30)45)48-39(50)29-17-8-4-9-18-29/h3-26,38H,1-2H3,(H,46,52)(H,47,51)(H,48,50)(H,49,53)/b35-25-. The Morgan fingerprint density at radius 1 is 0.719 bits per heavy atom. The second-order valence-electron chi connectivity index (χ2n) is 12.4. The number of rotatable bonds is 13. The molecule has 57 heavy (non-hydrogen) atoms. The zero-order valence-corrected chi connectivity index (χ0v) is 32.2. The number of halogens is 1. The predicted octanol–water partition coefficient (Wildman–Crippen LogP) is 9.12. The number of thioether (sulfide) groups is 1. The number of carbonyl (C=O) groups is 5. The maximum atomic E-state index is 14.7. The molecule has 1 unspecified atom stereocenters. The molecule has 0 saturated heterocycles. The summed E-state index contributed by atoms with van der Waals surface area (Å²) in [6, 6.07) is 38.7. The fraction of sp³-hybridized carbons (Fsp3) is 0.0682. The topological polar surface area (TPSA) is 143 Å². The van der Waals surface area contributed by atoms with Crippen LogP contribution in [0.3, 0.4) is 0 Å². The molecule has 0 aliphatic carbocycles. The van der Waals surface area contributed by atoms with E-state index in [9.17, 15) is 28.4 Å². The van der Waals surface area contributed by atoms with Crippen molar-refractivity contribution in [3.63, 3.8) is 0 Å². The number of thiophene rings is 1. The molecule has 0 bridgehead atoms. The molecule has 4 N–H and O–H groups in total. The van der Waals surface area contributed by atoms with Crippen LogP contribution in [-0.2, 0) is 14.3 Å². The van der Waals surface area contributed by atoms with Gasteiger partial charge in [0.05, 0.1) is 17.6 Å². The van der Waals surface area contributed by atoms with Gasteiger partial charge >= 0.3 is 5.97 Å². The van der Waals surface area contributed by atoms with E-state index < -0.39 is 40.7 Å². The van der Waals surface area contributed by atoms with Crippen molar-refractivity contribution >= 4 is 75.1 Å². The van der Waals surface area contributed by atoms with Gasteiger partial charge in [-0.2, -0.15) is 0 Å². The van der Waals surface area contributed by atoms with Crippen LogP contribution < -0.4 is 21.3 Å². The number of carbonyl (C=O) groups excluding carboxylic acids is 5. The molecule has 5 aromatic carbocycles. The van der Waals surface area contributed by atoms with Crippen molar-refractivity contribution in [1.82, 2.24) is 5.32 Å². The first-order valence-electron chi connectivity index (χ1n) is 17.5. The number of anilines is 3. The van der Waals surface area contributed by atoms with E-state index >= 15 is 0 Å². The second kappa shape index (κ2) is 18.7. The number of esters is 1. The minimum atomic E-state index is -0.867. The van der Waals surface area contributed by atoms with Crippen molar-refractivity contribution in [3.05, 3.63) is 184 Å². The molecular formula is C44H35FN4O6S2. The van der Waals surface area contributed by atoms with Gasteiger partial charge in [-0.3, -0.25) is 19.2 Å². The van der Waals surface area contributed by atoms with E-state index in [0.29, 0.717) is 33.0 Å². The molecule has 0 radical (unpaired) electrons. The van der Waals surface area contributed by atoms with Gasteiger partial charge in [0.15, 0.2) is 0 Å². The largest absolute Gasteiger partial charge is 0.465 e. The van der Waals surface area contributed by atoms with Crippen molar-refractivity contribution in [3.8, 4) is 0 Å². The maximum Gasteiger partial charge on any atom is 0.341 e. The van der Waals surface area contributed by atoms with E-state index in [1.54, 1.807) is 116 Å². The van der Waals surface area contributed by atoms with Crippen LogP contribution in [0.2, 0.25) is 0 Å². The van der Waals surface area contributed by atoms with E-state index in [2.05, 4.69) is 21.3 Å². The van der Waals surface area contributed by atoms with Crippen LogP contribution >= 0.6 is 23.1 Å². The van der Waals surface area contributed by atoms with Crippen LogP contribution in [-0.4, -0.2) is 36.7 Å². The second-order valence-corrected chi connectivity index (χ2v) is 14.6. The normalized spacial score (nSPS) is 11.5. The molecular weight excluding hydrogens is 764 g/mol. The number of methoxy groups -OCH3 is 1. The zero-order valence-electron chi connectivity index (χ0n) is 30.6. The molecule has 1 atom stereocenters. The predicted molar refractivity (Wildman–Crippen MR) is 222 cm³/mol. The van der Waals surface area contributed by atoms with E-state index in [0.717, 1.165) is 11.3 Å². The SMILES string of the molecule is COC(=O)c1c(NC(=O)C(Sc2cccc(NC(=O)/C(=C/c3ccccc3F)NC(=O)c3ccccc3)c2)c2ccccc2)sc(C(=O)Nc2ccccc2)c1C. The quantitative estimate of drug-likeness (QED) is 0.0519. The van der Waals surface area contributed by atoms with Gasteiger partial charge in [0.1, 0.15) is 21.8 Å². The Morgan fingerprint density at radius 3 is 2.04 bits per heavy atom. The molecule has 0 aliphatic rings. The van der Waals surface area contributed by atoms with Crippen LogP contribution in [0.5, 0.6) is 0 Å². The summed E-state index contributed by atoms with van der Waals surface area (Å²) >= 11 is 2.14. The van der Waals surface area contributed by atoms with E-state index in [1.807, 2.05) is 12.1 Å². The summed E-state index contributed by atoms with van der Waals surface area (Å²) in [6.45, 7) is 1.62. The molecule has 0 aliphatic heterocycles.